The molecule has 2 nitrogen and oxygen atoms in total. The standard InChI is InChI=1S/C14H22N2/c1-11(14-6-3-7-16-10-14)13-5-2-4-12(8-13)9-15/h2,4-5,8,11,14,16H,3,6-7,9-10,15H2,1H3. The van der Waals surface area contributed by atoms with Gasteiger partial charge in [-0.3, -0.25) is 0 Å². The molecule has 2 atom stereocenters. The number of nitrogens with one attached hydrogen (secondary N) is 1. The molecular weight excluding hydrogens is 196 g/mol. The molecule has 0 amide bonds. The summed E-state index contributed by atoms with van der Waals surface area (Å²) < 4.78 is 0. The molecule has 2 rings (SSSR count). The highest BCUT2D eigenvalue weighted by Gasteiger charge is 2.20. The molecule has 16 heavy (non-hydrogen) atoms. The van der Waals surface area contributed by atoms with Gasteiger partial charge in [-0.1, -0.05) is 31.2 Å². The number of hydrogen-bond donors (Lipinski definition) is 2. The van der Waals surface area contributed by atoms with Crippen molar-refractivity contribution in [2.24, 2.45) is 11.7 Å². The average molecular weight is 218 g/mol. The lowest BCUT2D eigenvalue weighted by Gasteiger charge is -2.28. The zero-order valence-corrected chi connectivity index (χ0v) is 10.1. The van der Waals surface area contributed by atoms with E-state index in [1.807, 2.05) is 0 Å². The second-order valence-electron chi connectivity index (χ2n) is 4.84. The molecule has 1 saturated heterocycles. The number of rotatable bonds is 3. The molecule has 3 N–H and O–H groups in total. The first-order chi connectivity index (χ1) is 7.81. The SMILES string of the molecule is CC(c1cccc(CN)c1)C1CCCNC1. The third-order valence-corrected chi connectivity index (χ3v) is 3.75. The van der Waals surface area contributed by atoms with Crippen molar-refractivity contribution in [3.05, 3.63) is 35.4 Å². The lowest BCUT2D eigenvalue weighted by Crippen LogP contribution is -2.32. The smallest absolute Gasteiger partial charge is 0.0178 e. The van der Waals surface area contributed by atoms with E-state index in [0.29, 0.717) is 12.5 Å². The largest absolute Gasteiger partial charge is 0.326 e. The Morgan fingerprint density at radius 1 is 1.50 bits per heavy atom. The van der Waals surface area contributed by atoms with Crippen molar-refractivity contribution in [2.45, 2.75) is 32.2 Å². The maximum atomic E-state index is 5.68. The van der Waals surface area contributed by atoms with E-state index in [1.54, 1.807) is 0 Å². The van der Waals surface area contributed by atoms with E-state index in [0.717, 1.165) is 12.5 Å². The van der Waals surface area contributed by atoms with E-state index in [9.17, 15) is 0 Å². The average Bonchev–Trinajstić information content (AvgIpc) is 2.39. The summed E-state index contributed by atoms with van der Waals surface area (Å²) in [5.41, 5.74) is 8.37. The third kappa shape index (κ3) is 2.63. The zero-order valence-electron chi connectivity index (χ0n) is 10.1. The van der Waals surface area contributed by atoms with Crippen LogP contribution >= 0.6 is 0 Å². The Labute approximate surface area is 98.2 Å². The zero-order chi connectivity index (χ0) is 11.4. The van der Waals surface area contributed by atoms with E-state index < -0.39 is 0 Å². The second-order valence-corrected chi connectivity index (χ2v) is 4.84. The van der Waals surface area contributed by atoms with Crippen molar-refractivity contribution in [3.8, 4) is 0 Å². The first kappa shape index (κ1) is 11.6. The summed E-state index contributed by atoms with van der Waals surface area (Å²) in [6.07, 6.45) is 2.66. The van der Waals surface area contributed by atoms with E-state index in [4.69, 9.17) is 5.73 Å². The van der Waals surface area contributed by atoms with Crippen molar-refractivity contribution in [3.63, 3.8) is 0 Å². The number of nitrogens with two attached hydrogens (primary N) is 1. The van der Waals surface area contributed by atoms with Crippen LogP contribution in [0.4, 0.5) is 0 Å². The van der Waals surface area contributed by atoms with Gasteiger partial charge in [-0.05, 0) is 48.9 Å². The highest BCUT2D eigenvalue weighted by molar-refractivity contribution is 5.26. The minimum Gasteiger partial charge on any atom is -0.326 e. The predicted molar refractivity (Wildman–Crippen MR) is 68.3 cm³/mol. The molecule has 1 fully saturated rings. The predicted octanol–water partition coefficient (Wildman–Crippen LogP) is 2.25. The van der Waals surface area contributed by atoms with Crippen LogP contribution in [0.3, 0.4) is 0 Å². The van der Waals surface area contributed by atoms with Crippen LogP contribution < -0.4 is 11.1 Å². The van der Waals surface area contributed by atoms with Crippen LogP contribution in [0, 0.1) is 5.92 Å². The van der Waals surface area contributed by atoms with Crippen molar-refractivity contribution in [1.29, 1.82) is 0 Å². The molecule has 2 heteroatoms. The summed E-state index contributed by atoms with van der Waals surface area (Å²) in [5.74, 6) is 1.42. The van der Waals surface area contributed by atoms with Crippen LogP contribution in [-0.2, 0) is 6.54 Å². The van der Waals surface area contributed by atoms with Gasteiger partial charge in [-0.2, -0.15) is 0 Å². The van der Waals surface area contributed by atoms with E-state index in [-0.39, 0.29) is 0 Å². The van der Waals surface area contributed by atoms with Gasteiger partial charge < -0.3 is 11.1 Å². The van der Waals surface area contributed by atoms with Gasteiger partial charge in [0.25, 0.3) is 0 Å². The van der Waals surface area contributed by atoms with Crippen molar-refractivity contribution < 1.29 is 0 Å². The first-order valence-electron chi connectivity index (χ1n) is 6.31. The molecule has 88 valence electrons. The maximum absolute atomic E-state index is 5.68. The summed E-state index contributed by atoms with van der Waals surface area (Å²) in [6.45, 7) is 5.33. The van der Waals surface area contributed by atoms with Crippen LogP contribution in [0.1, 0.15) is 36.8 Å². The molecule has 0 aliphatic carbocycles. The van der Waals surface area contributed by atoms with Crippen LogP contribution in [0.15, 0.2) is 24.3 Å². The van der Waals surface area contributed by atoms with E-state index >= 15 is 0 Å². The summed E-state index contributed by atoms with van der Waals surface area (Å²) in [5, 5.41) is 3.49. The van der Waals surface area contributed by atoms with Gasteiger partial charge in [-0.25, -0.2) is 0 Å². The van der Waals surface area contributed by atoms with Gasteiger partial charge in [0, 0.05) is 6.54 Å². The fourth-order valence-electron chi connectivity index (χ4n) is 2.58. The molecule has 0 saturated carbocycles. The normalized spacial score (nSPS) is 23.0. The second kappa shape index (κ2) is 5.46. The number of piperidine rings is 1. The van der Waals surface area contributed by atoms with Gasteiger partial charge >= 0.3 is 0 Å². The Morgan fingerprint density at radius 3 is 3.06 bits per heavy atom. The van der Waals surface area contributed by atoms with Crippen LogP contribution in [0.25, 0.3) is 0 Å². The van der Waals surface area contributed by atoms with Gasteiger partial charge in [0.1, 0.15) is 0 Å². The van der Waals surface area contributed by atoms with Crippen LogP contribution in [0.5, 0.6) is 0 Å². The molecular formula is C14H22N2. The monoisotopic (exact) mass is 218 g/mol. The molecule has 0 aromatic heterocycles. The number of hydrogen-bond acceptors (Lipinski definition) is 2. The first-order valence-corrected chi connectivity index (χ1v) is 6.31. The molecule has 0 radical (unpaired) electrons. The van der Waals surface area contributed by atoms with Crippen LogP contribution in [-0.4, -0.2) is 13.1 Å². The van der Waals surface area contributed by atoms with Crippen molar-refractivity contribution in [2.75, 3.05) is 13.1 Å². The van der Waals surface area contributed by atoms with Crippen molar-refractivity contribution >= 4 is 0 Å². The summed E-state index contributed by atoms with van der Waals surface area (Å²) in [6, 6.07) is 8.73. The molecule has 2 unspecified atom stereocenters. The van der Waals surface area contributed by atoms with E-state index in [1.165, 1.54) is 30.5 Å². The quantitative estimate of drug-likeness (QED) is 0.816. The maximum Gasteiger partial charge on any atom is 0.0178 e. The summed E-state index contributed by atoms with van der Waals surface area (Å²) >= 11 is 0. The van der Waals surface area contributed by atoms with Crippen molar-refractivity contribution in [1.82, 2.24) is 5.32 Å². The Bertz CT molecular complexity index is 329. The molecule has 1 aliphatic heterocycles. The molecule has 0 bridgehead atoms. The molecule has 1 aromatic carbocycles. The fraction of sp³-hybridized carbons (Fsp3) is 0.571. The third-order valence-electron chi connectivity index (χ3n) is 3.75. The highest BCUT2D eigenvalue weighted by atomic mass is 14.9. The number of benzene rings is 1. The van der Waals surface area contributed by atoms with E-state index in [2.05, 4.69) is 36.5 Å². The van der Waals surface area contributed by atoms with Gasteiger partial charge in [-0.15, -0.1) is 0 Å². The summed E-state index contributed by atoms with van der Waals surface area (Å²) in [4.78, 5) is 0. The minimum absolute atomic E-state index is 0.638. The van der Waals surface area contributed by atoms with Gasteiger partial charge in [0.15, 0.2) is 0 Å². The van der Waals surface area contributed by atoms with Gasteiger partial charge in [0.2, 0.25) is 0 Å². The Kier molecular flexibility index (Phi) is 3.97. The Morgan fingerprint density at radius 2 is 2.38 bits per heavy atom. The molecule has 1 heterocycles. The Hall–Kier alpha value is -0.860. The lowest BCUT2D eigenvalue weighted by molar-refractivity contribution is 0.334. The molecule has 1 aromatic rings. The molecule has 1 aliphatic rings. The Balaban J connectivity index is 2.09. The van der Waals surface area contributed by atoms with Gasteiger partial charge in [0.05, 0.1) is 0 Å². The van der Waals surface area contributed by atoms with Crippen LogP contribution in [0.2, 0.25) is 0 Å². The summed E-state index contributed by atoms with van der Waals surface area (Å²) in [7, 11) is 0. The highest BCUT2D eigenvalue weighted by Crippen LogP contribution is 2.29. The topological polar surface area (TPSA) is 38.0 Å². The lowest BCUT2D eigenvalue weighted by atomic mass is 9.82. The minimum atomic E-state index is 0.638. The fourth-order valence-corrected chi connectivity index (χ4v) is 2.58. The molecule has 0 spiro atoms.